The summed E-state index contributed by atoms with van der Waals surface area (Å²) in [6.07, 6.45) is 3.61. The molecule has 0 aromatic carbocycles. The van der Waals surface area contributed by atoms with Crippen molar-refractivity contribution in [3.8, 4) is 0 Å². The highest BCUT2D eigenvalue weighted by Crippen LogP contribution is 2.19. The molecule has 0 aliphatic carbocycles. The summed E-state index contributed by atoms with van der Waals surface area (Å²) >= 11 is 1.36. The molecule has 1 saturated heterocycles. The van der Waals surface area contributed by atoms with Gasteiger partial charge in [-0.2, -0.15) is 0 Å². The lowest BCUT2D eigenvalue weighted by atomic mass is 10.1. The number of carbonyl (C=O) groups is 1. The third kappa shape index (κ3) is 2.98. The van der Waals surface area contributed by atoms with Crippen LogP contribution in [0, 0.1) is 0 Å². The zero-order chi connectivity index (χ0) is 14.8. The standard InChI is InChI=1S/C14H17N3O3S/c18-13-12-9(5-7-21-12)15-11(16-13)8-17-6-3-1-2-4-10(17)14(19)20/h5,7,10H,1-4,6,8H2,(H,19,20)(H,15,16,18). The van der Waals surface area contributed by atoms with Crippen molar-refractivity contribution in [2.75, 3.05) is 6.54 Å². The van der Waals surface area contributed by atoms with E-state index in [2.05, 4.69) is 9.97 Å². The molecule has 1 aliphatic heterocycles. The maximum Gasteiger partial charge on any atom is 0.320 e. The predicted octanol–water partition coefficient (Wildman–Crippen LogP) is 1.81. The van der Waals surface area contributed by atoms with Crippen LogP contribution in [0.5, 0.6) is 0 Å². The normalized spacial score (nSPS) is 20.5. The van der Waals surface area contributed by atoms with E-state index >= 15 is 0 Å². The molecule has 2 aromatic rings. The quantitative estimate of drug-likeness (QED) is 0.903. The molecule has 2 aromatic heterocycles. The number of H-pyrrole nitrogens is 1. The number of fused-ring (bicyclic) bond motifs is 1. The summed E-state index contributed by atoms with van der Waals surface area (Å²) in [6.45, 7) is 1.10. The van der Waals surface area contributed by atoms with Gasteiger partial charge in [0.1, 0.15) is 16.6 Å². The summed E-state index contributed by atoms with van der Waals surface area (Å²) in [5.41, 5.74) is 0.534. The number of carboxylic acid groups (broad SMARTS) is 1. The Bertz CT molecular complexity index is 709. The number of nitrogens with zero attached hydrogens (tertiary/aromatic N) is 2. The van der Waals surface area contributed by atoms with Crippen molar-refractivity contribution in [2.45, 2.75) is 38.3 Å². The molecular formula is C14H17N3O3S. The first-order valence-corrected chi connectivity index (χ1v) is 7.96. The molecule has 3 heterocycles. The van der Waals surface area contributed by atoms with Crippen molar-refractivity contribution in [1.82, 2.24) is 14.9 Å². The van der Waals surface area contributed by atoms with Crippen LogP contribution in [0.2, 0.25) is 0 Å². The fourth-order valence-corrected chi connectivity index (χ4v) is 3.55. The highest BCUT2D eigenvalue weighted by Gasteiger charge is 2.27. The average Bonchev–Trinajstić information content (AvgIpc) is 2.78. The largest absolute Gasteiger partial charge is 0.480 e. The maximum atomic E-state index is 12.0. The number of aromatic nitrogens is 2. The fourth-order valence-electron chi connectivity index (χ4n) is 2.83. The van der Waals surface area contributed by atoms with E-state index in [-0.39, 0.29) is 5.56 Å². The molecule has 3 rings (SSSR count). The zero-order valence-electron chi connectivity index (χ0n) is 11.5. The molecule has 1 atom stereocenters. The van der Waals surface area contributed by atoms with Gasteiger partial charge < -0.3 is 10.1 Å². The molecule has 0 amide bonds. The minimum absolute atomic E-state index is 0.147. The molecule has 2 N–H and O–H groups in total. The first-order valence-electron chi connectivity index (χ1n) is 7.08. The number of likely N-dealkylation sites (tertiary alicyclic amines) is 1. The molecule has 0 spiro atoms. The third-order valence-electron chi connectivity index (χ3n) is 3.87. The van der Waals surface area contributed by atoms with Crippen molar-refractivity contribution < 1.29 is 9.90 Å². The Morgan fingerprint density at radius 2 is 2.33 bits per heavy atom. The second kappa shape index (κ2) is 5.95. The predicted molar refractivity (Wildman–Crippen MR) is 80.5 cm³/mol. The Balaban J connectivity index is 1.88. The van der Waals surface area contributed by atoms with Crippen LogP contribution in [0.3, 0.4) is 0 Å². The number of nitrogens with one attached hydrogen (secondary N) is 1. The molecule has 21 heavy (non-hydrogen) atoms. The first kappa shape index (κ1) is 14.2. The molecule has 1 fully saturated rings. The van der Waals surface area contributed by atoms with E-state index in [4.69, 9.17) is 0 Å². The molecule has 0 saturated carbocycles. The molecule has 112 valence electrons. The summed E-state index contributed by atoms with van der Waals surface area (Å²) in [5, 5.41) is 11.2. The molecule has 7 heteroatoms. The Hall–Kier alpha value is -1.73. The summed E-state index contributed by atoms with van der Waals surface area (Å²) < 4.78 is 0.615. The van der Waals surface area contributed by atoms with Crippen molar-refractivity contribution >= 4 is 27.5 Å². The Kier molecular flexibility index (Phi) is 4.03. The van der Waals surface area contributed by atoms with Crippen molar-refractivity contribution in [2.24, 2.45) is 0 Å². The van der Waals surface area contributed by atoms with Crippen molar-refractivity contribution in [3.05, 3.63) is 27.6 Å². The van der Waals surface area contributed by atoms with Gasteiger partial charge in [0.15, 0.2) is 0 Å². The van der Waals surface area contributed by atoms with Crippen molar-refractivity contribution in [3.63, 3.8) is 0 Å². The molecule has 1 unspecified atom stereocenters. The molecular weight excluding hydrogens is 290 g/mol. The van der Waals surface area contributed by atoms with E-state index in [0.717, 1.165) is 25.8 Å². The lowest BCUT2D eigenvalue weighted by molar-refractivity contribution is -0.143. The van der Waals surface area contributed by atoms with Crippen molar-refractivity contribution in [1.29, 1.82) is 0 Å². The number of aromatic amines is 1. The lowest BCUT2D eigenvalue weighted by Crippen LogP contribution is -2.40. The third-order valence-corrected chi connectivity index (χ3v) is 4.77. The Labute approximate surface area is 125 Å². The number of thiophene rings is 1. The van der Waals surface area contributed by atoms with Gasteiger partial charge in [-0.05, 0) is 30.8 Å². The van der Waals surface area contributed by atoms with Gasteiger partial charge in [0.05, 0.1) is 12.1 Å². The topological polar surface area (TPSA) is 86.3 Å². The van der Waals surface area contributed by atoms with Crippen LogP contribution in [0.15, 0.2) is 16.2 Å². The van der Waals surface area contributed by atoms with Crippen LogP contribution in [0.1, 0.15) is 31.5 Å². The van der Waals surface area contributed by atoms with E-state index in [9.17, 15) is 14.7 Å². The monoisotopic (exact) mass is 307 g/mol. The lowest BCUT2D eigenvalue weighted by Gasteiger charge is -2.25. The van der Waals surface area contributed by atoms with Gasteiger partial charge in [-0.3, -0.25) is 14.5 Å². The van der Waals surface area contributed by atoms with Gasteiger partial charge >= 0.3 is 5.97 Å². The van der Waals surface area contributed by atoms with E-state index in [1.807, 2.05) is 16.3 Å². The van der Waals surface area contributed by atoms with Crippen LogP contribution < -0.4 is 5.56 Å². The van der Waals surface area contributed by atoms with Gasteiger partial charge in [-0.15, -0.1) is 11.3 Å². The van der Waals surface area contributed by atoms with Gasteiger partial charge in [0.2, 0.25) is 0 Å². The molecule has 6 nitrogen and oxygen atoms in total. The maximum absolute atomic E-state index is 12.0. The molecule has 0 bridgehead atoms. The number of carboxylic acids is 1. The van der Waals surface area contributed by atoms with E-state index < -0.39 is 12.0 Å². The van der Waals surface area contributed by atoms with Crippen LogP contribution in [-0.4, -0.2) is 38.5 Å². The number of hydrogen-bond acceptors (Lipinski definition) is 5. The second-order valence-electron chi connectivity index (χ2n) is 5.32. The zero-order valence-corrected chi connectivity index (χ0v) is 12.4. The fraction of sp³-hybridized carbons (Fsp3) is 0.500. The Morgan fingerprint density at radius 3 is 3.14 bits per heavy atom. The van der Waals surface area contributed by atoms with E-state index in [1.165, 1.54) is 11.3 Å². The van der Waals surface area contributed by atoms with Crippen LogP contribution in [0.4, 0.5) is 0 Å². The van der Waals surface area contributed by atoms with Crippen LogP contribution in [0.25, 0.3) is 10.2 Å². The van der Waals surface area contributed by atoms with Crippen LogP contribution >= 0.6 is 11.3 Å². The Morgan fingerprint density at radius 1 is 1.48 bits per heavy atom. The van der Waals surface area contributed by atoms with Gasteiger partial charge in [0.25, 0.3) is 5.56 Å². The minimum atomic E-state index is -0.796. The van der Waals surface area contributed by atoms with Gasteiger partial charge in [0, 0.05) is 0 Å². The number of hydrogen-bond donors (Lipinski definition) is 2. The van der Waals surface area contributed by atoms with E-state index in [1.54, 1.807) is 0 Å². The van der Waals surface area contributed by atoms with Gasteiger partial charge in [-0.1, -0.05) is 12.8 Å². The molecule has 1 aliphatic rings. The summed E-state index contributed by atoms with van der Waals surface area (Å²) in [7, 11) is 0. The number of rotatable bonds is 3. The summed E-state index contributed by atoms with van der Waals surface area (Å²) in [5.74, 6) is -0.255. The SMILES string of the molecule is O=C(O)C1CCCCCN1Cc1nc2ccsc2c(=O)[nH]1. The highest BCUT2D eigenvalue weighted by atomic mass is 32.1. The van der Waals surface area contributed by atoms with Crippen LogP contribution in [-0.2, 0) is 11.3 Å². The second-order valence-corrected chi connectivity index (χ2v) is 6.24. The summed E-state index contributed by atoms with van der Waals surface area (Å²) in [4.78, 5) is 32.5. The van der Waals surface area contributed by atoms with E-state index in [0.29, 0.717) is 29.0 Å². The van der Waals surface area contributed by atoms with Gasteiger partial charge in [-0.25, -0.2) is 4.98 Å². The molecule has 0 radical (unpaired) electrons. The summed E-state index contributed by atoms with van der Waals surface area (Å²) in [6, 6.07) is 1.33. The first-order chi connectivity index (χ1) is 10.1. The smallest absolute Gasteiger partial charge is 0.320 e. The number of aliphatic carboxylic acids is 1. The average molecular weight is 307 g/mol. The minimum Gasteiger partial charge on any atom is -0.480 e. The highest BCUT2D eigenvalue weighted by molar-refractivity contribution is 7.17.